The van der Waals surface area contributed by atoms with Gasteiger partial charge in [0.15, 0.2) is 17.0 Å². The van der Waals surface area contributed by atoms with E-state index < -0.39 is 34.8 Å². The minimum absolute atomic E-state index is 0.0979. The predicted octanol–water partition coefficient (Wildman–Crippen LogP) is 25.1. The summed E-state index contributed by atoms with van der Waals surface area (Å²) in [5, 5.41) is 11.8. The van der Waals surface area contributed by atoms with E-state index in [1.165, 1.54) is 231 Å². The van der Waals surface area contributed by atoms with Crippen LogP contribution in [0.1, 0.15) is 420 Å². The highest BCUT2D eigenvalue weighted by molar-refractivity contribution is 6.26. The summed E-state index contributed by atoms with van der Waals surface area (Å²) in [5.41, 5.74) is -2.16. The Bertz CT molecular complexity index is 1350. The molecule has 0 aromatic rings. The number of carbonyl (C=O) groups is 4. The van der Waals surface area contributed by atoms with Crippen molar-refractivity contribution in [2.45, 2.75) is 420 Å². The van der Waals surface area contributed by atoms with Crippen molar-refractivity contribution in [2.24, 2.45) is 17.3 Å². The van der Waals surface area contributed by atoms with Crippen LogP contribution in [0.4, 0.5) is 0 Å². The molecule has 0 aliphatic heterocycles. The Kier molecular flexibility index (Phi) is 59.4. The molecule has 0 amide bonds. The third-order valence-corrected chi connectivity index (χ3v) is 18.1. The lowest BCUT2D eigenvalue weighted by Gasteiger charge is -2.37. The Morgan fingerprint density at radius 2 is 0.544 bits per heavy atom. The fourth-order valence-corrected chi connectivity index (χ4v) is 12.7. The van der Waals surface area contributed by atoms with Crippen LogP contribution < -0.4 is 0 Å². The van der Waals surface area contributed by atoms with Crippen LogP contribution in [0, 0.1) is 17.3 Å². The monoisotopic (exact) mass is 1110 g/mol. The molecule has 0 aliphatic rings. The zero-order chi connectivity index (χ0) is 57.8. The number of aliphatic carboxylic acids is 1. The molecule has 0 saturated heterocycles. The molecule has 0 bridgehead atoms. The van der Waals surface area contributed by atoms with Gasteiger partial charge in [-0.25, -0.2) is 0 Å². The van der Waals surface area contributed by atoms with Gasteiger partial charge in [-0.1, -0.05) is 361 Å². The lowest BCUT2D eigenvalue weighted by Crippen LogP contribution is -2.55. The van der Waals surface area contributed by atoms with Gasteiger partial charge in [0.25, 0.3) is 0 Å². The molecule has 3 unspecified atom stereocenters. The Hall–Kier alpha value is -1.78. The highest BCUT2D eigenvalue weighted by Crippen LogP contribution is 2.43. The summed E-state index contributed by atoms with van der Waals surface area (Å²) in [6.07, 6.45) is 71.3. The highest BCUT2D eigenvalue weighted by atomic mass is 16.4. The lowest BCUT2D eigenvalue weighted by atomic mass is 9.61. The molecule has 0 saturated carbocycles. The van der Waals surface area contributed by atoms with Crippen LogP contribution in [0.5, 0.6) is 0 Å². The van der Waals surface area contributed by atoms with E-state index in [4.69, 9.17) is 0 Å². The van der Waals surface area contributed by atoms with E-state index in [2.05, 4.69) is 46.8 Å². The van der Waals surface area contributed by atoms with Gasteiger partial charge in [0, 0.05) is 12.8 Å². The topological polar surface area (TPSA) is 88.5 Å². The summed E-state index contributed by atoms with van der Waals surface area (Å²) in [6, 6.07) is 0. The van der Waals surface area contributed by atoms with Crippen molar-refractivity contribution in [3.8, 4) is 0 Å². The van der Waals surface area contributed by atoms with Gasteiger partial charge in [0.1, 0.15) is 5.78 Å². The van der Waals surface area contributed by atoms with Crippen LogP contribution in [0.3, 0.4) is 0 Å². The lowest BCUT2D eigenvalue weighted by molar-refractivity contribution is -0.167. The number of Topliss-reactive ketones (excluding diaryl/α,β-unsaturated/α-hetero) is 3. The normalized spacial score (nSPS) is 13.3. The summed E-state index contributed by atoms with van der Waals surface area (Å²) < 4.78 is 0. The fraction of sp³-hybridized carbons (Fsp3) is 0.919. The predicted molar refractivity (Wildman–Crippen MR) is 347 cm³/mol. The molecule has 0 aromatic carbocycles. The maximum absolute atomic E-state index is 15.8. The molecular weight excluding hydrogens is 969 g/mol. The van der Waals surface area contributed by atoms with Crippen molar-refractivity contribution < 1.29 is 24.3 Å². The van der Waals surface area contributed by atoms with Crippen LogP contribution in [-0.4, -0.2) is 28.4 Å². The maximum atomic E-state index is 15.8. The summed E-state index contributed by atoms with van der Waals surface area (Å²) in [6.45, 7) is 11.3. The van der Waals surface area contributed by atoms with Gasteiger partial charge in [-0.2, -0.15) is 0 Å². The third-order valence-electron chi connectivity index (χ3n) is 18.1. The van der Waals surface area contributed by atoms with Crippen molar-refractivity contribution in [3.63, 3.8) is 0 Å². The Labute approximate surface area is 494 Å². The van der Waals surface area contributed by atoms with Crippen LogP contribution in [0.2, 0.25) is 0 Å². The van der Waals surface area contributed by atoms with E-state index >= 15 is 9.59 Å². The van der Waals surface area contributed by atoms with Crippen molar-refractivity contribution in [3.05, 3.63) is 12.2 Å². The first-order valence-electron chi connectivity index (χ1n) is 36.3. The first-order chi connectivity index (χ1) is 38.8. The van der Waals surface area contributed by atoms with Gasteiger partial charge in [-0.05, 0) is 63.7 Å². The second kappa shape index (κ2) is 60.8. The largest absolute Gasteiger partial charge is 0.480 e. The van der Waals surface area contributed by atoms with E-state index in [1.54, 1.807) is 0 Å². The molecule has 0 fully saturated rings. The molecule has 0 radical (unpaired) electrons. The number of allylic oxidation sites excluding steroid dienone is 2. The van der Waals surface area contributed by atoms with Gasteiger partial charge < -0.3 is 5.11 Å². The summed E-state index contributed by atoms with van der Waals surface area (Å²) >= 11 is 0. The number of rotatable bonds is 67. The second-order valence-corrected chi connectivity index (χ2v) is 25.5. The smallest absolute Gasteiger partial charge is 0.325 e. The SMILES string of the molecule is CCCCCCCC/C=C\CCCCCC(CCCCCCCCCCCCCCCCCC)C(C(=O)O)(C(=O)CCCCCCCCCCC)C(=O)C(CCCCCCCCCCCC)C(=O)CCCCCCCCCCC. The molecule has 5 heteroatoms. The van der Waals surface area contributed by atoms with E-state index in [0.29, 0.717) is 32.1 Å². The minimum atomic E-state index is -2.16. The minimum Gasteiger partial charge on any atom is -0.480 e. The van der Waals surface area contributed by atoms with Crippen LogP contribution in [-0.2, 0) is 19.2 Å². The zero-order valence-electron chi connectivity index (χ0n) is 54.3. The van der Waals surface area contributed by atoms with Crippen molar-refractivity contribution in [1.82, 2.24) is 0 Å². The average Bonchev–Trinajstić information content (AvgIpc) is 3.53. The zero-order valence-corrected chi connectivity index (χ0v) is 54.3. The van der Waals surface area contributed by atoms with Gasteiger partial charge in [0.2, 0.25) is 0 Å². The molecule has 79 heavy (non-hydrogen) atoms. The highest BCUT2D eigenvalue weighted by Gasteiger charge is 2.59. The van der Waals surface area contributed by atoms with E-state index in [1.807, 2.05) is 0 Å². The molecular formula is C74H140O5. The fourth-order valence-electron chi connectivity index (χ4n) is 12.7. The van der Waals surface area contributed by atoms with Gasteiger partial charge in [-0.15, -0.1) is 0 Å². The quantitative estimate of drug-likeness (QED) is 0.0372. The number of carboxylic acid groups (broad SMARTS) is 1. The summed E-state index contributed by atoms with van der Waals surface area (Å²) in [7, 11) is 0. The number of unbranched alkanes of at least 4 members (excludes halogenated alkanes) is 49. The molecule has 0 aliphatic carbocycles. The molecule has 0 heterocycles. The van der Waals surface area contributed by atoms with E-state index in [9.17, 15) is 14.7 Å². The van der Waals surface area contributed by atoms with E-state index in [-0.39, 0.29) is 12.2 Å². The maximum Gasteiger partial charge on any atom is 0.325 e. The molecule has 0 rings (SSSR count). The van der Waals surface area contributed by atoms with E-state index in [0.717, 1.165) is 116 Å². The molecule has 1 N–H and O–H groups in total. The molecule has 0 spiro atoms. The van der Waals surface area contributed by atoms with Gasteiger partial charge in [-0.3, -0.25) is 19.2 Å². The molecule has 5 nitrogen and oxygen atoms in total. The molecule has 0 aromatic heterocycles. The van der Waals surface area contributed by atoms with Gasteiger partial charge >= 0.3 is 5.97 Å². The Morgan fingerprint density at radius 1 is 0.304 bits per heavy atom. The van der Waals surface area contributed by atoms with Crippen LogP contribution in [0.15, 0.2) is 12.2 Å². The summed E-state index contributed by atoms with van der Waals surface area (Å²) in [5.74, 6) is -3.89. The third kappa shape index (κ3) is 44.4. The van der Waals surface area contributed by atoms with Crippen molar-refractivity contribution in [1.29, 1.82) is 0 Å². The molecule has 466 valence electrons. The number of carboxylic acids is 1. The van der Waals surface area contributed by atoms with Crippen LogP contribution >= 0.6 is 0 Å². The standard InChI is InChI=1S/C74H140O5/c1-6-11-16-21-26-31-34-36-37-38-40-42-46-49-54-59-64-68(63-58-53-48-45-41-39-35-32-27-22-17-12-7-2)74(73(78)79,71(76)67-62-57-52-44-30-25-20-15-10-5)72(77)69(65-60-55-50-47-33-28-23-18-13-8-3)70(75)66-61-56-51-43-29-24-19-14-9-4/h39,41,68-69H,6-38,40,42-67H2,1-5H3,(H,78,79)/b41-39-. The van der Waals surface area contributed by atoms with Gasteiger partial charge in [0.05, 0.1) is 5.92 Å². The average molecular weight is 1110 g/mol. The first kappa shape index (κ1) is 77.2. The van der Waals surface area contributed by atoms with Crippen molar-refractivity contribution in [2.75, 3.05) is 0 Å². The Balaban J connectivity index is 6.51. The Morgan fingerprint density at radius 3 is 0.848 bits per heavy atom. The number of carbonyl (C=O) groups excluding carboxylic acids is 3. The second-order valence-electron chi connectivity index (χ2n) is 25.5. The molecule has 3 atom stereocenters. The number of hydrogen-bond acceptors (Lipinski definition) is 4. The first-order valence-corrected chi connectivity index (χ1v) is 36.3. The number of hydrogen-bond donors (Lipinski definition) is 1. The summed E-state index contributed by atoms with van der Waals surface area (Å²) in [4.78, 5) is 60.2. The number of ketones is 3. The van der Waals surface area contributed by atoms with Crippen LogP contribution in [0.25, 0.3) is 0 Å². The van der Waals surface area contributed by atoms with Crippen molar-refractivity contribution >= 4 is 23.3 Å².